The number of aromatic nitrogens is 2. The van der Waals surface area contributed by atoms with E-state index in [1.807, 2.05) is 0 Å². The van der Waals surface area contributed by atoms with Crippen molar-refractivity contribution in [2.45, 2.75) is 0 Å². The monoisotopic (exact) mass is 318 g/mol. The van der Waals surface area contributed by atoms with E-state index in [2.05, 4.69) is 5.10 Å². The number of hydrogen-bond donors (Lipinski definition) is 0. The molecule has 0 radical (unpaired) electrons. The molecule has 1 aromatic heterocycles. The van der Waals surface area contributed by atoms with Gasteiger partial charge in [-0.05, 0) is 24.3 Å². The molecule has 6 heteroatoms. The van der Waals surface area contributed by atoms with E-state index in [1.54, 1.807) is 24.3 Å². The molecule has 1 heterocycles. The lowest BCUT2D eigenvalue weighted by molar-refractivity contribution is 0.112. The summed E-state index contributed by atoms with van der Waals surface area (Å²) in [5, 5.41) is 4.78. The molecule has 0 fully saturated rings. The molecule has 0 atom stereocenters. The summed E-state index contributed by atoms with van der Waals surface area (Å²) in [6.45, 7) is 0. The normalized spacial score (nSPS) is 10.7. The third-order valence-electron chi connectivity index (χ3n) is 3.14. The summed E-state index contributed by atoms with van der Waals surface area (Å²) in [6.07, 6.45) is 2.03. The van der Waals surface area contributed by atoms with Gasteiger partial charge >= 0.3 is 0 Å². The van der Waals surface area contributed by atoms with E-state index in [-0.39, 0.29) is 5.69 Å². The molecule has 0 saturated heterocycles. The Morgan fingerprint density at radius 2 is 1.82 bits per heavy atom. The molecule has 0 aliphatic rings. The summed E-state index contributed by atoms with van der Waals surface area (Å²) in [7, 11) is 0. The number of aldehydes is 1. The first-order chi connectivity index (χ1) is 10.6. The minimum Gasteiger partial charge on any atom is -0.298 e. The van der Waals surface area contributed by atoms with Crippen LogP contribution in [-0.2, 0) is 0 Å². The van der Waals surface area contributed by atoms with Crippen molar-refractivity contribution >= 4 is 17.9 Å². The smallest absolute Gasteiger partial charge is 0.153 e. The molecule has 22 heavy (non-hydrogen) atoms. The quantitative estimate of drug-likeness (QED) is 0.675. The highest BCUT2D eigenvalue weighted by Crippen LogP contribution is 2.25. The van der Waals surface area contributed by atoms with Crippen LogP contribution in [0.1, 0.15) is 10.4 Å². The van der Waals surface area contributed by atoms with E-state index < -0.39 is 11.6 Å². The summed E-state index contributed by atoms with van der Waals surface area (Å²) in [5.74, 6) is -1.44. The lowest BCUT2D eigenvalue weighted by Gasteiger charge is -2.03. The van der Waals surface area contributed by atoms with Crippen molar-refractivity contribution in [1.29, 1.82) is 0 Å². The number of carbonyl (C=O) groups is 1. The molecule has 110 valence electrons. The average molecular weight is 319 g/mol. The highest BCUT2D eigenvalue weighted by atomic mass is 35.5. The van der Waals surface area contributed by atoms with Crippen LogP contribution in [0.25, 0.3) is 16.9 Å². The summed E-state index contributed by atoms with van der Waals surface area (Å²) in [6, 6.07) is 9.91. The Labute approximate surface area is 129 Å². The minimum atomic E-state index is -0.761. The summed E-state index contributed by atoms with van der Waals surface area (Å²) in [4.78, 5) is 11.2. The Bertz CT molecular complexity index is 844. The Morgan fingerprint density at radius 3 is 2.45 bits per heavy atom. The van der Waals surface area contributed by atoms with Crippen LogP contribution in [0.2, 0.25) is 5.02 Å². The van der Waals surface area contributed by atoms with Gasteiger partial charge in [0.1, 0.15) is 17.2 Å². The number of hydrogen-bond acceptors (Lipinski definition) is 2. The van der Waals surface area contributed by atoms with Gasteiger partial charge in [0.05, 0.1) is 5.56 Å². The number of rotatable bonds is 3. The van der Waals surface area contributed by atoms with Gasteiger partial charge in [-0.25, -0.2) is 13.5 Å². The van der Waals surface area contributed by atoms with E-state index in [0.717, 1.165) is 12.1 Å². The largest absolute Gasteiger partial charge is 0.298 e. The van der Waals surface area contributed by atoms with Crippen LogP contribution in [-0.4, -0.2) is 16.1 Å². The van der Waals surface area contributed by atoms with Crippen molar-refractivity contribution in [3.8, 4) is 16.9 Å². The van der Waals surface area contributed by atoms with Crippen molar-refractivity contribution in [2.75, 3.05) is 0 Å². The summed E-state index contributed by atoms with van der Waals surface area (Å²) in [5.41, 5.74) is 1.43. The first kappa shape index (κ1) is 14.4. The molecule has 0 unspecified atom stereocenters. The maximum absolute atomic E-state index is 13.8. The molecule has 0 N–H and O–H groups in total. The average Bonchev–Trinajstić information content (AvgIpc) is 2.92. The van der Waals surface area contributed by atoms with Gasteiger partial charge in [-0.1, -0.05) is 23.7 Å². The van der Waals surface area contributed by atoms with E-state index in [9.17, 15) is 13.6 Å². The molecule has 0 amide bonds. The fraction of sp³-hybridized carbons (Fsp3) is 0. The molecule has 0 aliphatic carbocycles. The van der Waals surface area contributed by atoms with E-state index in [4.69, 9.17) is 11.6 Å². The third-order valence-corrected chi connectivity index (χ3v) is 3.40. The standard InChI is InChI=1S/C16H9ClF2N2O/c17-12-3-1-10(2-4-12)16-11(9-22)8-21(20-16)15-6-5-13(18)7-14(15)19/h1-9H. The van der Waals surface area contributed by atoms with Gasteiger partial charge in [0.15, 0.2) is 12.1 Å². The van der Waals surface area contributed by atoms with Gasteiger partial charge < -0.3 is 0 Å². The molecule has 0 spiro atoms. The maximum Gasteiger partial charge on any atom is 0.153 e. The van der Waals surface area contributed by atoms with Gasteiger partial charge in [-0.2, -0.15) is 5.10 Å². The van der Waals surface area contributed by atoms with Gasteiger partial charge in [0, 0.05) is 22.8 Å². The van der Waals surface area contributed by atoms with Crippen LogP contribution in [0.3, 0.4) is 0 Å². The van der Waals surface area contributed by atoms with E-state index in [1.165, 1.54) is 16.9 Å². The van der Waals surface area contributed by atoms with Crippen LogP contribution in [0.15, 0.2) is 48.7 Å². The van der Waals surface area contributed by atoms with Crippen molar-refractivity contribution in [2.24, 2.45) is 0 Å². The van der Waals surface area contributed by atoms with Crippen molar-refractivity contribution in [3.05, 3.63) is 70.9 Å². The van der Waals surface area contributed by atoms with Crippen molar-refractivity contribution < 1.29 is 13.6 Å². The van der Waals surface area contributed by atoms with Crippen LogP contribution >= 0.6 is 11.6 Å². The highest BCUT2D eigenvalue weighted by Gasteiger charge is 2.14. The zero-order valence-electron chi connectivity index (χ0n) is 11.1. The predicted molar refractivity (Wildman–Crippen MR) is 79.3 cm³/mol. The number of halogens is 3. The fourth-order valence-electron chi connectivity index (χ4n) is 2.10. The first-order valence-corrected chi connectivity index (χ1v) is 6.72. The van der Waals surface area contributed by atoms with Crippen LogP contribution < -0.4 is 0 Å². The Morgan fingerprint density at radius 1 is 1.09 bits per heavy atom. The maximum atomic E-state index is 13.8. The van der Waals surface area contributed by atoms with Crippen LogP contribution in [0, 0.1) is 11.6 Å². The molecular formula is C16H9ClF2N2O. The molecular weight excluding hydrogens is 310 g/mol. The lowest BCUT2D eigenvalue weighted by atomic mass is 10.1. The molecule has 3 rings (SSSR count). The Kier molecular flexibility index (Phi) is 3.73. The number of benzene rings is 2. The third kappa shape index (κ3) is 2.63. The minimum absolute atomic E-state index is 0.0599. The zero-order chi connectivity index (χ0) is 15.7. The molecule has 0 bridgehead atoms. The van der Waals surface area contributed by atoms with Crippen molar-refractivity contribution in [1.82, 2.24) is 9.78 Å². The van der Waals surface area contributed by atoms with Gasteiger partial charge in [0.25, 0.3) is 0 Å². The summed E-state index contributed by atoms with van der Waals surface area (Å²) >= 11 is 5.83. The second-order valence-electron chi connectivity index (χ2n) is 4.60. The van der Waals surface area contributed by atoms with Crippen molar-refractivity contribution in [3.63, 3.8) is 0 Å². The predicted octanol–water partition coefficient (Wildman–Crippen LogP) is 4.28. The van der Waals surface area contributed by atoms with Gasteiger partial charge in [0.2, 0.25) is 0 Å². The van der Waals surface area contributed by atoms with Gasteiger partial charge in [-0.3, -0.25) is 4.79 Å². The number of carbonyl (C=O) groups excluding carboxylic acids is 1. The summed E-state index contributed by atoms with van der Waals surface area (Å²) < 4.78 is 28.0. The second kappa shape index (κ2) is 5.69. The van der Waals surface area contributed by atoms with Crippen LogP contribution in [0.5, 0.6) is 0 Å². The first-order valence-electron chi connectivity index (χ1n) is 6.34. The fourth-order valence-corrected chi connectivity index (χ4v) is 2.22. The topological polar surface area (TPSA) is 34.9 Å². The lowest BCUT2D eigenvalue weighted by Crippen LogP contribution is -1.99. The molecule has 3 aromatic rings. The Balaban J connectivity index is 2.12. The molecule has 2 aromatic carbocycles. The highest BCUT2D eigenvalue weighted by molar-refractivity contribution is 6.30. The van der Waals surface area contributed by atoms with Crippen LogP contribution in [0.4, 0.5) is 8.78 Å². The molecule has 0 saturated carbocycles. The zero-order valence-corrected chi connectivity index (χ0v) is 11.9. The second-order valence-corrected chi connectivity index (χ2v) is 5.03. The van der Waals surface area contributed by atoms with E-state index >= 15 is 0 Å². The molecule has 3 nitrogen and oxygen atoms in total. The SMILES string of the molecule is O=Cc1cn(-c2ccc(F)cc2F)nc1-c1ccc(Cl)cc1. The Hall–Kier alpha value is -2.53. The number of nitrogens with zero attached hydrogens (tertiary/aromatic N) is 2. The van der Waals surface area contributed by atoms with E-state index in [0.29, 0.717) is 28.1 Å². The molecule has 0 aliphatic heterocycles. The van der Waals surface area contributed by atoms with Gasteiger partial charge in [-0.15, -0.1) is 0 Å².